The summed E-state index contributed by atoms with van der Waals surface area (Å²) in [5, 5.41) is 11.1. The molecule has 3 nitrogen and oxygen atoms in total. The van der Waals surface area contributed by atoms with Gasteiger partial charge in [0.05, 0.1) is 12.2 Å². The second kappa shape index (κ2) is 9.16. The third-order valence-electron chi connectivity index (χ3n) is 6.02. The first-order valence-electron chi connectivity index (χ1n) is 9.65. The van der Waals surface area contributed by atoms with Gasteiger partial charge in [-0.15, -0.1) is 0 Å². The average molecular weight is 349 g/mol. The standard InChI is InChI=1S/C22H36O3/c1-16-8-6-9-17(2)11-12-19-18(3)14-22(4,13-7-10-16)21(20(19)23)25-15-24-5/h9-10,19-21,23H,3,6-8,11-15H2,1-2,4-5H3/b16-10+,17-9+/t19-,20+,21-,22-/m0/s1. The van der Waals surface area contributed by atoms with Crippen molar-refractivity contribution in [2.75, 3.05) is 13.9 Å². The van der Waals surface area contributed by atoms with Gasteiger partial charge >= 0.3 is 0 Å². The number of fused-ring (bicyclic) bond motifs is 9. The Morgan fingerprint density at radius 2 is 1.88 bits per heavy atom. The smallest absolute Gasteiger partial charge is 0.146 e. The SMILES string of the molecule is C=C1C[C@]2(C)CC/C=C(\C)CC/C=C(\C)CC[C@@H]1[C@@H](O)[C@@H]2OCOC. The lowest BCUT2D eigenvalue weighted by atomic mass is 9.63. The minimum Gasteiger partial charge on any atom is -0.390 e. The molecule has 0 amide bonds. The van der Waals surface area contributed by atoms with Crippen LogP contribution in [-0.2, 0) is 9.47 Å². The Morgan fingerprint density at radius 3 is 2.60 bits per heavy atom. The van der Waals surface area contributed by atoms with Gasteiger partial charge in [-0.3, -0.25) is 0 Å². The van der Waals surface area contributed by atoms with Crippen molar-refractivity contribution in [2.45, 2.75) is 77.9 Å². The lowest BCUT2D eigenvalue weighted by molar-refractivity contribution is -0.178. The molecule has 0 aliphatic heterocycles. The van der Waals surface area contributed by atoms with E-state index < -0.39 is 6.10 Å². The molecule has 25 heavy (non-hydrogen) atoms. The van der Waals surface area contributed by atoms with E-state index in [1.165, 1.54) is 16.7 Å². The molecule has 3 aliphatic carbocycles. The maximum atomic E-state index is 11.1. The van der Waals surface area contributed by atoms with Crippen molar-refractivity contribution in [3.8, 4) is 0 Å². The highest BCUT2D eigenvalue weighted by Crippen LogP contribution is 2.47. The van der Waals surface area contributed by atoms with E-state index in [-0.39, 0.29) is 24.2 Å². The zero-order valence-corrected chi connectivity index (χ0v) is 16.5. The normalized spacial score (nSPS) is 39.2. The number of aliphatic hydroxyl groups is 1. The minimum atomic E-state index is -0.512. The molecule has 0 aromatic carbocycles. The van der Waals surface area contributed by atoms with Crippen LogP contribution in [0.1, 0.15) is 65.7 Å². The van der Waals surface area contributed by atoms with Crippen molar-refractivity contribution < 1.29 is 14.6 Å². The molecular formula is C22H36O3. The molecule has 0 unspecified atom stereocenters. The van der Waals surface area contributed by atoms with Crippen LogP contribution in [0.15, 0.2) is 35.5 Å². The van der Waals surface area contributed by atoms with Crippen LogP contribution in [0.3, 0.4) is 0 Å². The monoisotopic (exact) mass is 348 g/mol. The fourth-order valence-corrected chi connectivity index (χ4v) is 4.44. The van der Waals surface area contributed by atoms with Gasteiger partial charge in [0.2, 0.25) is 0 Å². The topological polar surface area (TPSA) is 38.7 Å². The van der Waals surface area contributed by atoms with Crippen LogP contribution in [0, 0.1) is 11.3 Å². The Balaban J connectivity index is 2.29. The zero-order valence-electron chi connectivity index (χ0n) is 16.5. The molecule has 3 heteroatoms. The summed E-state index contributed by atoms with van der Waals surface area (Å²) in [4.78, 5) is 0. The molecule has 0 aromatic rings. The largest absolute Gasteiger partial charge is 0.390 e. The van der Waals surface area contributed by atoms with E-state index in [4.69, 9.17) is 9.47 Å². The van der Waals surface area contributed by atoms with E-state index >= 15 is 0 Å². The van der Waals surface area contributed by atoms with Crippen LogP contribution in [0.5, 0.6) is 0 Å². The number of rotatable bonds is 3. The molecule has 2 bridgehead atoms. The molecule has 0 spiro atoms. The van der Waals surface area contributed by atoms with Crippen molar-refractivity contribution in [1.29, 1.82) is 0 Å². The number of aliphatic hydroxyl groups excluding tert-OH is 1. The van der Waals surface area contributed by atoms with Crippen LogP contribution < -0.4 is 0 Å². The molecule has 1 saturated carbocycles. The molecule has 0 aromatic heterocycles. The molecule has 3 aliphatic rings. The molecule has 0 heterocycles. The van der Waals surface area contributed by atoms with Gasteiger partial charge in [0, 0.05) is 18.4 Å². The summed E-state index contributed by atoms with van der Waals surface area (Å²) in [5.41, 5.74) is 3.94. The molecule has 1 fully saturated rings. The number of ether oxygens (including phenoxy) is 2. The summed E-state index contributed by atoms with van der Waals surface area (Å²) in [6, 6.07) is 0. The Kier molecular flexibility index (Phi) is 7.48. The number of methoxy groups -OCH3 is 1. The lowest BCUT2D eigenvalue weighted by Gasteiger charge is -2.48. The highest BCUT2D eigenvalue weighted by atomic mass is 16.7. The molecular weight excluding hydrogens is 312 g/mol. The third-order valence-corrected chi connectivity index (χ3v) is 6.02. The first kappa shape index (κ1) is 20.4. The number of allylic oxidation sites excluding steroid dienone is 4. The highest BCUT2D eigenvalue weighted by molar-refractivity contribution is 5.17. The van der Waals surface area contributed by atoms with Gasteiger partial charge < -0.3 is 14.6 Å². The Hall–Kier alpha value is -0.900. The summed E-state index contributed by atoms with van der Waals surface area (Å²) >= 11 is 0. The quantitative estimate of drug-likeness (QED) is 0.565. The van der Waals surface area contributed by atoms with Gasteiger partial charge in [-0.1, -0.05) is 42.4 Å². The van der Waals surface area contributed by atoms with Crippen LogP contribution in [-0.4, -0.2) is 31.2 Å². The highest BCUT2D eigenvalue weighted by Gasteiger charge is 2.47. The van der Waals surface area contributed by atoms with E-state index in [1.807, 2.05) is 0 Å². The fraction of sp³-hybridized carbons (Fsp3) is 0.727. The van der Waals surface area contributed by atoms with Crippen LogP contribution in [0.25, 0.3) is 0 Å². The maximum absolute atomic E-state index is 11.1. The van der Waals surface area contributed by atoms with Crippen LogP contribution >= 0.6 is 0 Å². The Morgan fingerprint density at radius 1 is 1.20 bits per heavy atom. The van der Waals surface area contributed by atoms with E-state index in [9.17, 15) is 5.11 Å². The van der Waals surface area contributed by atoms with Crippen molar-refractivity contribution in [1.82, 2.24) is 0 Å². The molecule has 1 N–H and O–H groups in total. The van der Waals surface area contributed by atoms with E-state index in [2.05, 4.69) is 39.5 Å². The summed E-state index contributed by atoms with van der Waals surface area (Å²) in [5.74, 6) is 0.110. The summed E-state index contributed by atoms with van der Waals surface area (Å²) in [6.07, 6.45) is 11.1. The number of hydrogen-bond acceptors (Lipinski definition) is 3. The van der Waals surface area contributed by atoms with Gasteiger partial charge in [0.25, 0.3) is 0 Å². The van der Waals surface area contributed by atoms with E-state index in [0.29, 0.717) is 0 Å². The lowest BCUT2D eigenvalue weighted by Crippen LogP contribution is -2.52. The Bertz CT molecular complexity index is 519. The van der Waals surface area contributed by atoms with Gasteiger partial charge in [-0.25, -0.2) is 0 Å². The zero-order chi connectivity index (χ0) is 18.4. The summed E-state index contributed by atoms with van der Waals surface area (Å²) < 4.78 is 11.1. The van der Waals surface area contributed by atoms with Crippen LogP contribution in [0.4, 0.5) is 0 Å². The predicted molar refractivity (Wildman–Crippen MR) is 103 cm³/mol. The fourth-order valence-electron chi connectivity index (χ4n) is 4.44. The summed E-state index contributed by atoms with van der Waals surface area (Å²) in [7, 11) is 1.63. The molecule has 0 radical (unpaired) electrons. The van der Waals surface area contributed by atoms with E-state index in [0.717, 1.165) is 44.9 Å². The molecule has 142 valence electrons. The van der Waals surface area contributed by atoms with Gasteiger partial charge in [0.15, 0.2) is 0 Å². The van der Waals surface area contributed by atoms with Crippen molar-refractivity contribution in [2.24, 2.45) is 11.3 Å². The molecule has 0 saturated heterocycles. The van der Waals surface area contributed by atoms with Crippen LogP contribution in [0.2, 0.25) is 0 Å². The van der Waals surface area contributed by atoms with Crippen molar-refractivity contribution >= 4 is 0 Å². The molecule has 3 rings (SSSR count). The first-order chi connectivity index (χ1) is 11.9. The van der Waals surface area contributed by atoms with Gasteiger partial charge in [-0.2, -0.15) is 0 Å². The summed E-state index contributed by atoms with van der Waals surface area (Å²) in [6.45, 7) is 11.2. The average Bonchev–Trinajstić information content (AvgIpc) is 2.53. The maximum Gasteiger partial charge on any atom is 0.146 e. The third kappa shape index (κ3) is 5.29. The van der Waals surface area contributed by atoms with E-state index in [1.54, 1.807) is 7.11 Å². The van der Waals surface area contributed by atoms with Crippen molar-refractivity contribution in [3.05, 3.63) is 35.5 Å². The predicted octanol–water partition coefficient (Wildman–Crippen LogP) is 5.17. The minimum absolute atomic E-state index is 0.0999. The number of hydrogen-bond donors (Lipinski definition) is 1. The second-order valence-electron chi connectivity index (χ2n) is 8.30. The molecule has 4 atom stereocenters. The first-order valence-corrected chi connectivity index (χ1v) is 9.65. The van der Waals surface area contributed by atoms with Gasteiger partial charge in [0.1, 0.15) is 6.79 Å². The Labute approximate surface area is 153 Å². The van der Waals surface area contributed by atoms with Gasteiger partial charge in [-0.05, 0) is 58.8 Å². The van der Waals surface area contributed by atoms with Crippen molar-refractivity contribution in [3.63, 3.8) is 0 Å². The second-order valence-corrected chi connectivity index (χ2v) is 8.30.